The first-order chi connectivity index (χ1) is 68.3. The minimum Gasteiger partial charge on any atom is -0.301 e. The van der Waals surface area contributed by atoms with Gasteiger partial charge in [0.2, 0.25) is 0 Å². The van der Waals surface area contributed by atoms with Crippen LogP contribution in [0.2, 0.25) is 0 Å². The average molecular weight is 2190 g/mol. The quantitative estimate of drug-likeness (QED) is 0.0708. The number of nitrogens with zero attached hydrogens (tertiary/aromatic N) is 8. The van der Waals surface area contributed by atoms with E-state index in [-0.39, 0.29) is 117 Å². The molecule has 12 aliphatic rings. The summed E-state index contributed by atoms with van der Waals surface area (Å²) in [7, 11) is 6.46. The van der Waals surface area contributed by atoms with Crippen molar-refractivity contribution in [2.45, 2.75) is 154 Å². The molecule has 0 atom stereocenters. The van der Waals surface area contributed by atoms with E-state index in [1.165, 1.54) is 162 Å². The number of likely N-dealkylation sites (N-methyl/N-ethyl adjacent to an activating group) is 4. The fourth-order valence-corrected chi connectivity index (χ4v) is 34.3. The molecule has 16 nitrogen and oxygen atoms in total. The van der Waals surface area contributed by atoms with Gasteiger partial charge in [0.15, 0.2) is 16.7 Å². The Morgan fingerprint density at radius 1 is 0.243 bits per heavy atom. The van der Waals surface area contributed by atoms with Crippen molar-refractivity contribution in [2.24, 2.45) is 0 Å². The van der Waals surface area contributed by atoms with Gasteiger partial charge in [-0.3, -0.25) is 29.0 Å². The molecule has 144 heavy (non-hydrogen) atoms. The molecule has 0 radical (unpaired) electrons. The van der Waals surface area contributed by atoms with Gasteiger partial charge in [0.25, 0.3) is 11.8 Å². The third-order valence-electron chi connectivity index (χ3n) is 32.4. The number of thiocarbonyl (C=S) groups is 2. The van der Waals surface area contributed by atoms with Crippen molar-refractivity contribution < 1.29 is 38.4 Å². The van der Waals surface area contributed by atoms with E-state index in [4.69, 9.17) is 24.4 Å². The molecular weight excluding hydrogens is 2090 g/mol. The maximum atomic E-state index is 13.1. The molecule has 4 amide bonds. The van der Waals surface area contributed by atoms with Crippen LogP contribution in [0.1, 0.15) is 258 Å². The Hall–Kier alpha value is -13.0. The van der Waals surface area contributed by atoms with E-state index in [0.29, 0.717) is 27.8 Å². The number of carbonyl (C=O) groups is 8. The van der Waals surface area contributed by atoms with E-state index in [1.54, 1.807) is 87.3 Å². The molecule has 10 aromatic carbocycles. The van der Waals surface area contributed by atoms with Crippen LogP contribution in [-0.2, 0) is 62.5 Å². The SMILES string of the molecule is CC1(C)c2ccccc2N2c3[te]c(C=C4C(=O)c5ccccc5C4=O)cc3C(C)(C)c3cccc1c32.CC1(C)c2ccccc2N2c3sc(C=C4C(=O)c5ccccc5C4=O)cc3C(C)(C)c3cccc1c32.CN1C(=O)C(=Cc2cc3c([te]2)N2c4ccccc4C(C)(C)c4cccc(c42)C3(C)C)C(=O)N(C)C1=S.CN1C(=O)C(=Cc2cc3c(s2)N2c4ccccc4C(C)(C)c4cccc(c42)C3(C)C)C(=O)N(C)C1=S. The predicted octanol–water partition coefficient (Wildman–Crippen LogP) is 26.1. The number of para-hydroxylation sites is 8. The maximum Gasteiger partial charge on any atom is 0.265 e. The first kappa shape index (κ1) is 94.6. The first-order valence-electron chi connectivity index (χ1n) is 48.5. The summed E-state index contributed by atoms with van der Waals surface area (Å²) in [5.74, 6) is -2.08. The van der Waals surface area contributed by atoms with Gasteiger partial charge in [-0.2, -0.15) is 0 Å². The van der Waals surface area contributed by atoms with Crippen LogP contribution in [0.25, 0.3) is 24.3 Å². The van der Waals surface area contributed by atoms with Crippen LogP contribution in [-0.4, -0.2) is 146 Å². The molecule has 0 bridgehead atoms. The van der Waals surface area contributed by atoms with Crippen molar-refractivity contribution in [2.75, 3.05) is 47.8 Å². The number of allylic oxidation sites excluding steroid dienone is 2. The predicted molar refractivity (Wildman–Crippen MR) is 590 cm³/mol. The number of amides is 4. The molecule has 14 aromatic rings. The Morgan fingerprint density at radius 2 is 0.458 bits per heavy atom. The number of Topliss-reactive ketones (excluding diaryl/α,β-unsaturated/α-hetero) is 4. The van der Waals surface area contributed by atoms with Crippen molar-refractivity contribution >= 4 is 232 Å². The largest absolute Gasteiger partial charge is 0.301 e. The molecular formula is C122H104N8O8S4Te2. The van der Waals surface area contributed by atoms with E-state index in [9.17, 15) is 38.4 Å². The van der Waals surface area contributed by atoms with Gasteiger partial charge < -0.3 is 9.80 Å². The van der Waals surface area contributed by atoms with Gasteiger partial charge >= 0.3 is 449 Å². The zero-order chi connectivity index (χ0) is 101. The summed E-state index contributed by atoms with van der Waals surface area (Å²) in [5.41, 5.74) is 32.4. The maximum absolute atomic E-state index is 13.1. The summed E-state index contributed by atoms with van der Waals surface area (Å²) in [5, 5.41) is 2.73. The minimum atomic E-state index is -0.878. The Kier molecular flexibility index (Phi) is 21.5. The molecule has 10 aliphatic heterocycles. The van der Waals surface area contributed by atoms with Crippen molar-refractivity contribution in [3.05, 3.63) is 393 Å². The van der Waals surface area contributed by atoms with Crippen LogP contribution in [0.15, 0.2) is 265 Å². The second kappa shape index (κ2) is 32.8. The van der Waals surface area contributed by atoms with Crippen molar-refractivity contribution in [1.82, 2.24) is 19.6 Å². The summed E-state index contributed by atoms with van der Waals surface area (Å²) in [6.07, 6.45) is 7.24. The molecule has 2 saturated heterocycles. The van der Waals surface area contributed by atoms with E-state index in [1.807, 2.05) is 36.4 Å². The second-order valence-corrected chi connectivity index (χ2v) is 52.3. The van der Waals surface area contributed by atoms with Crippen LogP contribution in [0.4, 0.5) is 62.9 Å². The number of thiophene rings is 2. The Labute approximate surface area is 877 Å². The number of hydrogen-bond acceptors (Lipinski definition) is 16. The van der Waals surface area contributed by atoms with Crippen LogP contribution in [0.5, 0.6) is 0 Å². The number of benzene rings is 10. The average Bonchev–Trinajstić information content (AvgIpc) is 1.39. The van der Waals surface area contributed by atoms with E-state index in [2.05, 4.69) is 325 Å². The molecule has 2 fully saturated rings. The number of anilines is 12. The van der Waals surface area contributed by atoms with Crippen molar-refractivity contribution in [1.29, 1.82) is 0 Å². The van der Waals surface area contributed by atoms with Crippen LogP contribution < -0.4 is 19.6 Å². The normalized spacial score (nSPS) is 18.6. The van der Waals surface area contributed by atoms with Crippen molar-refractivity contribution in [3.63, 3.8) is 0 Å². The van der Waals surface area contributed by atoms with Gasteiger partial charge in [-0.25, -0.2) is 0 Å². The van der Waals surface area contributed by atoms with Crippen molar-refractivity contribution in [3.8, 4) is 0 Å². The topological polar surface area (TPSA) is 162 Å². The molecule has 0 unspecified atom stereocenters. The molecule has 22 heteroatoms. The molecule has 0 N–H and O–H groups in total. The van der Waals surface area contributed by atoms with Gasteiger partial charge in [-0.15, -0.1) is 22.7 Å². The Bertz CT molecular complexity index is 7790. The first-order valence-corrected chi connectivity index (χ1v) is 55.6. The zero-order valence-corrected chi connectivity index (χ0v) is 91.6. The third kappa shape index (κ3) is 13.4. The summed E-state index contributed by atoms with van der Waals surface area (Å²) in [6, 6.07) is 84.5. The summed E-state index contributed by atoms with van der Waals surface area (Å²) < 4.78 is 4.93. The Morgan fingerprint density at radius 3 is 0.750 bits per heavy atom. The number of rotatable bonds is 4. The minimum absolute atomic E-state index is 0.0988. The standard InChI is InChI=1S/C32H25NO2S.C32H25NO2Te.C29H27N3O2S2.C29H27N3O2STe/c2*1-31(2)22-12-7-8-15-26(22)33-27-23(31)13-9-14-24(27)32(3,4)25-17-18(36-30(25)33)16-21-28(34)19-10-5-6-11-20(19)29(21)35;2*1-28(2)18-10-7-8-13-22(18)32-23-19(28)11-9-12-20(23)29(3,4)21-15-16(36-26(21)32)14-17-24(33)30(5)27(35)31(6)25(17)34/h2*5-17H,1-4H3;2*7-15H,1-6H3. The second-order valence-electron chi connectivity index (χ2n) is 43.3. The van der Waals surface area contributed by atoms with E-state index >= 15 is 0 Å². The molecule has 0 spiro atoms. The fourth-order valence-electron chi connectivity index (χ4n) is 24.1. The molecule has 0 saturated carbocycles. The van der Waals surface area contributed by atoms with Gasteiger partial charge in [-0.05, 0) is 93.1 Å². The van der Waals surface area contributed by atoms with Gasteiger partial charge in [0.1, 0.15) is 15.6 Å². The van der Waals surface area contributed by atoms with Gasteiger partial charge in [0.05, 0.1) is 28.3 Å². The summed E-state index contributed by atoms with van der Waals surface area (Å²) >= 11 is 12.1. The molecule has 14 heterocycles. The van der Waals surface area contributed by atoms with E-state index in [0.717, 1.165) is 26.9 Å². The van der Waals surface area contributed by atoms with Crippen LogP contribution >= 0.6 is 47.1 Å². The van der Waals surface area contributed by atoms with Gasteiger partial charge in [0, 0.05) is 56.6 Å². The molecule has 716 valence electrons. The summed E-state index contributed by atoms with van der Waals surface area (Å²) in [4.78, 5) is 121. The van der Waals surface area contributed by atoms with Crippen LogP contribution in [0.3, 0.4) is 0 Å². The number of fused-ring (bicyclic) bond motifs is 18. The smallest absolute Gasteiger partial charge is 0.265 e. The van der Waals surface area contributed by atoms with Crippen LogP contribution in [0, 0.1) is 0 Å². The molecule has 4 aromatic heterocycles. The number of hydrogen-bond donors (Lipinski definition) is 0. The number of carbonyl (C=O) groups excluding carboxylic acids is 8. The monoisotopic (exact) mass is 2200 g/mol. The number of ketones is 4. The molecule has 26 rings (SSSR count). The fraction of sp³-hybridized carbons (Fsp3) is 0.230. The summed E-state index contributed by atoms with van der Waals surface area (Å²) in [6.45, 7) is 36.7. The zero-order valence-electron chi connectivity index (χ0n) is 83.7. The van der Waals surface area contributed by atoms with E-state index < -0.39 is 40.9 Å². The molecule has 2 aliphatic carbocycles. The van der Waals surface area contributed by atoms with Gasteiger partial charge in [-0.1, -0.05) is 152 Å². The third-order valence-corrected chi connectivity index (χ3v) is 41.7. The Balaban J connectivity index is 0.000000106.